The highest BCUT2D eigenvalue weighted by Gasteiger charge is 2.18. The van der Waals surface area contributed by atoms with E-state index in [0.717, 1.165) is 24.3 Å². The van der Waals surface area contributed by atoms with Crippen LogP contribution < -0.4 is 5.32 Å². The molecule has 0 spiro atoms. The van der Waals surface area contributed by atoms with Gasteiger partial charge in [-0.15, -0.1) is 11.8 Å². The van der Waals surface area contributed by atoms with Crippen LogP contribution in [0.1, 0.15) is 23.2 Å². The van der Waals surface area contributed by atoms with Crippen LogP contribution in [0.3, 0.4) is 0 Å². The highest BCUT2D eigenvalue weighted by atomic mass is 35.5. The van der Waals surface area contributed by atoms with Gasteiger partial charge in [0, 0.05) is 18.0 Å². The van der Waals surface area contributed by atoms with E-state index in [0.29, 0.717) is 11.6 Å². The van der Waals surface area contributed by atoms with Gasteiger partial charge in [0.05, 0.1) is 16.7 Å². The SMILES string of the molecule is CSc1ccc(Cl)c(C(=O)OCC(=O)NC[C@@H]2CCCO2)c1. The molecule has 0 saturated carbocycles. The summed E-state index contributed by atoms with van der Waals surface area (Å²) in [6, 6.07) is 5.11. The zero-order chi connectivity index (χ0) is 15.9. The van der Waals surface area contributed by atoms with E-state index in [1.807, 2.05) is 12.3 Å². The molecule has 0 aromatic heterocycles. The third-order valence-electron chi connectivity index (χ3n) is 3.28. The maximum absolute atomic E-state index is 12.0. The van der Waals surface area contributed by atoms with Gasteiger partial charge in [0.25, 0.3) is 5.91 Å². The summed E-state index contributed by atoms with van der Waals surface area (Å²) in [5.41, 5.74) is 0.264. The Morgan fingerprint density at radius 3 is 3.00 bits per heavy atom. The molecular weight excluding hydrogens is 326 g/mol. The van der Waals surface area contributed by atoms with Crippen molar-refractivity contribution in [2.75, 3.05) is 26.0 Å². The van der Waals surface area contributed by atoms with Gasteiger partial charge in [-0.2, -0.15) is 0 Å². The van der Waals surface area contributed by atoms with Gasteiger partial charge in [-0.05, 0) is 37.3 Å². The number of carbonyl (C=O) groups is 2. The van der Waals surface area contributed by atoms with E-state index >= 15 is 0 Å². The van der Waals surface area contributed by atoms with Gasteiger partial charge >= 0.3 is 5.97 Å². The lowest BCUT2D eigenvalue weighted by Crippen LogP contribution is -2.34. The molecule has 1 aliphatic heterocycles. The van der Waals surface area contributed by atoms with E-state index in [2.05, 4.69) is 5.32 Å². The molecule has 0 unspecified atom stereocenters. The minimum absolute atomic E-state index is 0.0624. The zero-order valence-corrected chi connectivity index (χ0v) is 13.8. The average Bonchev–Trinajstić information content (AvgIpc) is 3.04. The molecule has 1 aliphatic rings. The normalized spacial score (nSPS) is 17.3. The maximum atomic E-state index is 12.0. The Morgan fingerprint density at radius 1 is 1.50 bits per heavy atom. The van der Waals surface area contributed by atoms with Gasteiger partial charge in [-0.1, -0.05) is 11.6 Å². The van der Waals surface area contributed by atoms with Crippen LogP contribution in [0.15, 0.2) is 23.1 Å². The highest BCUT2D eigenvalue weighted by Crippen LogP contribution is 2.23. The first kappa shape index (κ1) is 17.1. The Labute approximate surface area is 138 Å². The number of benzene rings is 1. The fourth-order valence-corrected chi connectivity index (χ4v) is 2.72. The summed E-state index contributed by atoms with van der Waals surface area (Å²) in [7, 11) is 0. The third-order valence-corrected chi connectivity index (χ3v) is 4.33. The second-order valence-corrected chi connectivity index (χ2v) is 6.15. The zero-order valence-electron chi connectivity index (χ0n) is 12.3. The van der Waals surface area contributed by atoms with Crippen LogP contribution in [0.4, 0.5) is 0 Å². The Balaban J connectivity index is 1.80. The van der Waals surface area contributed by atoms with Crippen molar-refractivity contribution in [3.8, 4) is 0 Å². The first-order valence-corrected chi connectivity index (χ1v) is 8.59. The minimum atomic E-state index is -0.604. The van der Waals surface area contributed by atoms with Gasteiger partial charge in [0.15, 0.2) is 6.61 Å². The van der Waals surface area contributed by atoms with Gasteiger partial charge in [0.2, 0.25) is 0 Å². The number of esters is 1. The van der Waals surface area contributed by atoms with E-state index < -0.39 is 5.97 Å². The summed E-state index contributed by atoms with van der Waals surface area (Å²) in [6.07, 6.45) is 3.92. The highest BCUT2D eigenvalue weighted by molar-refractivity contribution is 7.98. The lowest BCUT2D eigenvalue weighted by Gasteiger charge is -2.11. The van der Waals surface area contributed by atoms with Crippen molar-refractivity contribution in [3.63, 3.8) is 0 Å². The molecule has 2 rings (SSSR count). The number of hydrogen-bond acceptors (Lipinski definition) is 5. The van der Waals surface area contributed by atoms with Crippen molar-refractivity contribution in [1.29, 1.82) is 0 Å². The van der Waals surface area contributed by atoms with Crippen LogP contribution in [0.25, 0.3) is 0 Å². The topological polar surface area (TPSA) is 64.6 Å². The molecule has 22 heavy (non-hydrogen) atoms. The smallest absolute Gasteiger partial charge is 0.340 e. The lowest BCUT2D eigenvalue weighted by molar-refractivity contribution is -0.124. The first-order chi connectivity index (χ1) is 10.6. The van der Waals surface area contributed by atoms with Crippen LogP contribution in [0.2, 0.25) is 5.02 Å². The molecule has 1 amide bonds. The largest absolute Gasteiger partial charge is 0.452 e. The summed E-state index contributed by atoms with van der Waals surface area (Å²) in [5, 5.41) is 3.00. The number of thioether (sulfide) groups is 1. The molecule has 0 aliphatic carbocycles. The fraction of sp³-hybridized carbons (Fsp3) is 0.467. The summed E-state index contributed by atoms with van der Waals surface area (Å²) in [6.45, 7) is 0.851. The van der Waals surface area contributed by atoms with E-state index in [1.165, 1.54) is 11.8 Å². The van der Waals surface area contributed by atoms with Crippen LogP contribution in [0, 0.1) is 0 Å². The predicted octanol–water partition coefficient (Wildman–Crippen LogP) is 2.51. The van der Waals surface area contributed by atoms with Crippen LogP contribution >= 0.6 is 23.4 Å². The van der Waals surface area contributed by atoms with Crippen LogP contribution in [-0.2, 0) is 14.3 Å². The maximum Gasteiger partial charge on any atom is 0.340 e. The van der Waals surface area contributed by atoms with Gasteiger partial charge in [0.1, 0.15) is 0 Å². The fourth-order valence-electron chi connectivity index (χ4n) is 2.08. The number of halogens is 1. The van der Waals surface area contributed by atoms with Crippen molar-refractivity contribution in [2.45, 2.75) is 23.8 Å². The lowest BCUT2D eigenvalue weighted by atomic mass is 10.2. The molecule has 120 valence electrons. The van der Waals surface area contributed by atoms with E-state index in [-0.39, 0.29) is 24.2 Å². The second kappa shape index (κ2) is 8.41. The molecule has 1 saturated heterocycles. The molecule has 1 N–H and O–H groups in total. The summed E-state index contributed by atoms with van der Waals surface area (Å²) in [5.74, 6) is -0.950. The molecule has 0 bridgehead atoms. The number of ether oxygens (including phenoxy) is 2. The molecule has 1 heterocycles. The van der Waals surface area contributed by atoms with Crippen molar-refractivity contribution in [3.05, 3.63) is 28.8 Å². The standard InChI is InChI=1S/C15H18ClNO4S/c1-22-11-4-5-13(16)12(7-11)15(19)21-9-14(18)17-8-10-3-2-6-20-10/h4-5,7,10H,2-3,6,8-9H2,1H3,(H,17,18)/t10-/m0/s1. The minimum Gasteiger partial charge on any atom is -0.452 e. The molecule has 0 radical (unpaired) electrons. The molecular formula is C15H18ClNO4S. The van der Waals surface area contributed by atoms with Crippen molar-refractivity contribution in [2.24, 2.45) is 0 Å². The van der Waals surface area contributed by atoms with Crippen molar-refractivity contribution in [1.82, 2.24) is 5.32 Å². The molecule has 5 nitrogen and oxygen atoms in total. The van der Waals surface area contributed by atoms with Crippen LogP contribution in [-0.4, -0.2) is 44.0 Å². The van der Waals surface area contributed by atoms with E-state index in [9.17, 15) is 9.59 Å². The number of carbonyl (C=O) groups excluding carboxylic acids is 2. The Hall–Kier alpha value is -1.24. The van der Waals surface area contributed by atoms with Crippen LogP contribution in [0.5, 0.6) is 0 Å². The molecule has 1 fully saturated rings. The number of nitrogens with one attached hydrogen (secondary N) is 1. The second-order valence-electron chi connectivity index (χ2n) is 4.86. The molecule has 7 heteroatoms. The van der Waals surface area contributed by atoms with E-state index in [4.69, 9.17) is 21.1 Å². The van der Waals surface area contributed by atoms with Crippen molar-refractivity contribution < 1.29 is 19.1 Å². The number of rotatable bonds is 6. The predicted molar refractivity (Wildman–Crippen MR) is 85.5 cm³/mol. The molecule has 1 atom stereocenters. The summed E-state index contributed by atoms with van der Waals surface area (Å²) >= 11 is 7.48. The molecule has 1 aromatic rings. The van der Waals surface area contributed by atoms with Gasteiger partial charge < -0.3 is 14.8 Å². The van der Waals surface area contributed by atoms with Gasteiger partial charge in [-0.3, -0.25) is 4.79 Å². The average molecular weight is 344 g/mol. The van der Waals surface area contributed by atoms with E-state index in [1.54, 1.807) is 12.1 Å². The van der Waals surface area contributed by atoms with Crippen molar-refractivity contribution >= 4 is 35.2 Å². The number of hydrogen-bond donors (Lipinski definition) is 1. The number of amides is 1. The first-order valence-electron chi connectivity index (χ1n) is 6.99. The monoisotopic (exact) mass is 343 g/mol. The Morgan fingerprint density at radius 2 is 2.32 bits per heavy atom. The molecule has 1 aromatic carbocycles. The van der Waals surface area contributed by atoms with Gasteiger partial charge in [-0.25, -0.2) is 4.79 Å². The Kier molecular flexibility index (Phi) is 6.54. The third kappa shape index (κ3) is 4.90. The summed E-state index contributed by atoms with van der Waals surface area (Å²) in [4.78, 5) is 24.5. The summed E-state index contributed by atoms with van der Waals surface area (Å²) < 4.78 is 10.4. The Bertz CT molecular complexity index is 546. The quantitative estimate of drug-likeness (QED) is 0.635.